The molecule has 0 fully saturated rings. The van der Waals surface area contributed by atoms with Gasteiger partial charge in [0.2, 0.25) is 0 Å². The number of thiophene rings is 1. The van der Waals surface area contributed by atoms with E-state index in [0.717, 1.165) is 4.70 Å². The maximum absolute atomic E-state index is 13.5. The van der Waals surface area contributed by atoms with Crippen LogP contribution in [0.5, 0.6) is 11.5 Å². The summed E-state index contributed by atoms with van der Waals surface area (Å²) in [5, 5.41) is 2.41. The van der Waals surface area contributed by atoms with Crippen LogP contribution in [0.25, 0.3) is 10.1 Å². The highest BCUT2D eigenvalue weighted by Gasteiger charge is 2.13. The fourth-order valence-electron chi connectivity index (χ4n) is 1.39. The van der Waals surface area contributed by atoms with Crippen LogP contribution in [-0.2, 0) is 0 Å². The Kier molecular flexibility index (Phi) is 2.29. The minimum Gasteiger partial charge on any atom is -0.493 e. The van der Waals surface area contributed by atoms with Crippen LogP contribution in [0.15, 0.2) is 17.5 Å². The molecule has 2 nitrogen and oxygen atoms in total. The Bertz CT molecular complexity index is 464. The second-order valence-electron chi connectivity index (χ2n) is 2.76. The lowest BCUT2D eigenvalue weighted by Gasteiger charge is -2.08. The third-order valence-corrected chi connectivity index (χ3v) is 2.95. The van der Waals surface area contributed by atoms with Crippen molar-refractivity contribution in [3.05, 3.63) is 23.3 Å². The molecule has 1 heterocycles. The van der Waals surface area contributed by atoms with E-state index in [9.17, 15) is 4.39 Å². The lowest BCUT2D eigenvalue weighted by atomic mass is 10.2. The molecule has 2 rings (SSSR count). The van der Waals surface area contributed by atoms with Gasteiger partial charge in [-0.1, -0.05) is 0 Å². The van der Waals surface area contributed by atoms with Crippen molar-refractivity contribution < 1.29 is 13.9 Å². The van der Waals surface area contributed by atoms with Gasteiger partial charge in [-0.15, -0.1) is 11.3 Å². The number of benzene rings is 1. The van der Waals surface area contributed by atoms with Gasteiger partial charge in [-0.2, -0.15) is 0 Å². The fraction of sp³-hybridized carbons (Fsp3) is 0.200. The van der Waals surface area contributed by atoms with E-state index in [1.54, 1.807) is 13.2 Å². The first-order chi connectivity index (χ1) is 6.77. The molecule has 74 valence electrons. The van der Waals surface area contributed by atoms with E-state index in [1.807, 2.05) is 5.38 Å². The number of hydrogen-bond acceptors (Lipinski definition) is 3. The van der Waals surface area contributed by atoms with Crippen LogP contribution < -0.4 is 9.47 Å². The van der Waals surface area contributed by atoms with E-state index >= 15 is 0 Å². The zero-order valence-corrected chi connectivity index (χ0v) is 8.65. The summed E-state index contributed by atoms with van der Waals surface area (Å²) in [6.07, 6.45) is 0. The van der Waals surface area contributed by atoms with Crippen LogP contribution in [0.3, 0.4) is 0 Å². The van der Waals surface area contributed by atoms with Gasteiger partial charge < -0.3 is 9.47 Å². The normalized spacial score (nSPS) is 10.5. The lowest BCUT2D eigenvalue weighted by Crippen LogP contribution is -1.91. The van der Waals surface area contributed by atoms with Crippen LogP contribution in [0.2, 0.25) is 0 Å². The van der Waals surface area contributed by atoms with Crippen LogP contribution >= 0.6 is 11.3 Å². The van der Waals surface area contributed by atoms with Crippen molar-refractivity contribution in [3.8, 4) is 11.5 Å². The van der Waals surface area contributed by atoms with Gasteiger partial charge in [-0.3, -0.25) is 0 Å². The monoisotopic (exact) mass is 212 g/mol. The van der Waals surface area contributed by atoms with Gasteiger partial charge in [0.15, 0.2) is 11.5 Å². The highest BCUT2D eigenvalue weighted by molar-refractivity contribution is 7.17. The third kappa shape index (κ3) is 1.23. The van der Waals surface area contributed by atoms with Crippen molar-refractivity contribution >= 4 is 21.4 Å². The summed E-state index contributed by atoms with van der Waals surface area (Å²) in [6.45, 7) is 0. The van der Waals surface area contributed by atoms with Crippen LogP contribution in [-0.4, -0.2) is 14.2 Å². The Balaban J connectivity index is 2.82. The van der Waals surface area contributed by atoms with E-state index in [0.29, 0.717) is 16.9 Å². The van der Waals surface area contributed by atoms with E-state index < -0.39 is 0 Å². The fourth-order valence-corrected chi connectivity index (χ4v) is 2.31. The second-order valence-corrected chi connectivity index (χ2v) is 3.67. The standard InChI is InChI=1S/C10H9FO2S/c1-12-8-5-7(11)6-3-4-14-10(6)9(8)13-2/h3-5H,1-2H3. The minimum atomic E-state index is -0.279. The van der Waals surface area contributed by atoms with Crippen molar-refractivity contribution in [1.82, 2.24) is 0 Å². The molecular weight excluding hydrogens is 203 g/mol. The van der Waals surface area contributed by atoms with E-state index in [4.69, 9.17) is 9.47 Å². The van der Waals surface area contributed by atoms with E-state index in [1.165, 1.54) is 24.5 Å². The topological polar surface area (TPSA) is 18.5 Å². The highest BCUT2D eigenvalue weighted by Crippen LogP contribution is 2.39. The molecule has 4 heteroatoms. The zero-order chi connectivity index (χ0) is 10.1. The maximum Gasteiger partial charge on any atom is 0.178 e. The Labute approximate surface area is 84.9 Å². The average molecular weight is 212 g/mol. The zero-order valence-electron chi connectivity index (χ0n) is 7.83. The van der Waals surface area contributed by atoms with E-state index in [-0.39, 0.29) is 5.82 Å². The molecule has 0 N–H and O–H groups in total. The molecule has 0 saturated heterocycles. The van der Waals surface area contributed by atoms with Gasteiger partial charge in [0.05, 0.1) is 18.9 Å². The quantitative estimate of drug-likeness (QED) is 0.761. The lowest BCUT2D eigenvalue weighted by molar-refractivity contribution is 0.357. The Morgan fingerprint density at radius 3 is 2.71 bits per heavy atom. The maximum atomic E-state index is 13.5. The summed E-state index contributed by atoms with van der Waals surface area (Å²) in [4.78, 5) is 0. The number of hydrogen-bond donors (Lipinski definition) is 0. The molecule has 0 aliphatic rings. The number of methoxy groups -OCH3 is 2. The van der Waals surface area contributed by atoms with Gasteiger partial charge >= 0.3 is 0 Å². The molecule has 0 unspecified atom stereocenters. The molecule has 1 aromatic heterocycles. The molecule has 1 aromatic carbocycles. The van der Waals surface area contributed by atoms with Crippen LogP contribution in [0.4, 0.5) is 4.39 Å². The largest absolute Gasteiger partial charge is 0.493 e. The van der Waals surface area contributed by atoms with Crippen molar-refractivity contribution in [2.24, 2.45) is 0 Å². The van der Waals surface area contributed by atoms with Crippen molar-refractivity contribution in [3.63, 3.8) is 0 Å². The van der Waals surface area contributed by atoms with Gasteiger partial charge in [-0.25, -0.2) is 4.39 Å². The molecule has 0 bridgehead atoms. The molecule has 0 amide bonds. The third-order valence-electron chi connectivity index (χ3n) is 2.03. The van der Waals surface area contributed by atoms with Crippen molar-refractivity contribution in [1.29, 1.82) is 0 Å². The van der Waals surface area contributed by atoms with Gasteiger partial charge in [0, 0.05) is 11.5 Å². The van der Waals surface area contributed by atoms with Crippen molar-refractivity contribution in [2.45, 2.75) is 0 Å². The predicted octanol–water partition coefficient (Wildman–Crippen LogP) is 3.06. The molecule has 0 atom stereocenters. The molecule has 0 spiro atoms. The molecule has 14 heavy (non-hydrogen) atoms. The predicted molar refractivity (Wildman–Crippen MR) is 54.9 cm³/mol. The van der Waals surface area contributed by atoms with Crippen LogP contribution in [0, 0.1) is 5.82 Å². The van der Waals surface area contributed by atoms with Crippen LogP contribution in [0.1, 0.15) is 0 Å². The SMILES string of the molecule is COc1cc(F)c2ccsc2c1OC. The highest BCUT2D eigenvalue weighted by atomic mass is 32.1. The van der Waals surface area contributed by atoms with Crippen molar-refractivity contribution in [2.75, 3.05) is 14.2 Å². The average Bonchev–Trinajstić information content (AvgIpc) is 2.66. The van der Waals surface area contributed by atoms with E-state index in [2.05, 4.69) is 0 Å². The first kappa shape index (κ1) is 9.27. The Morgan fingerprint density at radius 1 is 1.29 bits per heavy atom. The van der Waals surface area contributed by atoms with Gasteiger partial charge in [0.1, 0.15) is 5.82 Å². The summed E-state index contributed by atoms with van der Waals surface area (Å²) < 4.78 is 24.5. The molecule has 0 aliphatic carbocycles. The second kappa shape index (κ2) is 3.46. The number of ether oxygens (including phenoxy) is 2. The smallest absolute Gasteiger partial charge is 0.178 e. The van der Waals surface area contributed by atoms with Gasteiger partial charge in [0.25, 0.3) is 0 Å². The Morgan fingerprint density at radius 2 is 2.07 bits per heavy atom. The summed E-state index contributed by atoms with van der Waals surface area (Å²) in [6, 6.07) is 3.07. The first-order valence-corrected chi connectivity index (χ1v) is 4.93. The minimum absolute atomic E-state index is 0.279. The number of halogens is 1. The molecule has 0 saturated carbocycles. The summed E-state index contributed by atoms with van der Waals surface area (Å²) in [5.74, 6) is 0.748. The molecular formula is C10H9FO2S. The molecule has 0 radical (unpaired) electrons. The summed E-state index contributed by atoms with van der Waals surface area (Å²) in [5.41, 5.74) is 0. The molecule has 2 aromatic rings. The number of rotatable bonds is 2. The number of fused-ring (bicyclic) bond motifs is 1. The first-order valence-electron chi connectivity index (χ1n) is 4.05. The summed E-state index contributed by atoms with van der Waals surface area (Å²) >= 11 is 1.44. The summed E-state index contributed by atoms with van der Waals surface area (Å²) in [7, 11) is 3.05. The van der Waals surface area contributed by atoms with Gasteiger partial charge in [-0.05, 0) is 11.4 Å². The Hall–Kier alpha value is -1.29. The molecule has 0 aliphatic heterocycles.